The molecule has 5 heteroatoms. The van der Waals surface area contributed by atoms with E-state index in [1.807, 2.05) is 30.3 Å². The Balaban J connectivity index is 2.37. The summed E-state index contributed by atoms with van der Waals surface area (Å²) in [5, 5.41) is 0. The van der Waals surface area contributed by atoms with Crippen molar-refractivity contribution in [3.8, 4) is 0 Å². The second-order valence-corrected chi connectivity index (χ2v) is 4.09. The first-order valence-corrected chi connectivity index (χ1v) is 6.06. The number of hydrogen-bond acceptors (Lipinski definition) is 3. The molecule has 0 unspecified atom stereocenters. The molecule has 1 heterocycles. The average molecular weight is 263 g/mol. The number of para-hydroxylation sites is 1. The zero-order valence-corrected chi connectivity index (χ0v) is 10.4. The number of nitrogens with zero attached hydrogens (tertiary/aromatic N) is 2. The van der Waals surface area contributed by atoms with Gasteiger partial charge in [0, 0.05) is 18.3 Å². The van der Waals surface area contributed by atoms with Crippen LogP contribution >= 0.6 is 0 Å². The minimum Gasteiger partial charge on any atom is -0.330 e. The van der Waals surface area contributed by atoms with Crippen molar-refractivity contribution in [2.45, 2.75) is 6.42 Å². The first-order valence-electron chi connectivity index (χ1n) is 6.06. The van der Waals surface area contributed by atoms with Gasteiger partial charge < -0.3 is 10.6 Å². The van der Waals surface area contributed by atoms with Crippen molar-refractivity contribution in [1.29, 1.82) is 0 Å². The summed E-state index contributed by atoms with van der Waals surface area (Å²) in [5.41, 5.74) is 6.29. The van der Waals surface area contributed by atoms with Gasteiger partial charge >= 0.3 is 0 Å². The van der Waals surface area contributed by atoms with Gasteiger partial charge in [0.2, 0.25) is 0 Å². The lowest BCUT2D eigenvalue weighted by Crippen LogP contribution is -2.23. The van der Waals surface area contributed by atoms with E-state index in [9.17, 15) is 8.78 Å². The first kappa shape index (κ1) is 13.4. The van der Waals surface area contributed by atoms with Crippen molar-refractivity contribution in [3.63, 3.8) is 0 Å². The SMILES string of the molecule is NCCCN(c1ccccc1)c1ncc(F)cc1F. The van der Waals surface area contributed by atoms with Crippen molar-refractivity contribution in [2.24, 2.45) is 5.73 Å². The maximum atomic E-state index is 13.8. The molecule has 1 aromatic carbocycles. The molecule has 0 aliphatic heterocycles. The Labute approximate surface area is 110 Å². The van der Waals surface area contributed by atoms with E-state index < -0.39 is 11.6 Å². The average Bonchev–Trinajstić information content (AvgIpc) is 2.42. The van der Waals surface area contributed by atoms with E-state index in [2.05, 4.69) is 4.98 Å². The molecule has 0 atom stereocenters. The molecule has 0 radical (unpaired) electrons. The van der Waals surface area contributed by atoms with Gasteiger partial charge in [-0.3, -0.25) is 0 Å². The Kier molecular flexibility index (Phi) is 4.41. The van der Waals surface area contributed by atoms with Crippen LogP contribution in [0.4, 0.5) is 20.3 Å². The molecule has 0 aliphatic carbocycles. The van der Waals surface area contributed by atoms with Crippen LogP contribution in [0.15, 0.2) is 42.6 Å². The monoisotopic (exact) mass is 263 g/mol. The van der Waals surface area contributed by atoms with Gasteiger partial charge in [-0.1, -0.05) is 18.2 Å². The van der Waals surface area contributed by atoms with Gasteiger partial charge in [-0.15, -0.1) is 0 Å². The van der Waals surface area contributed by atoms with Crippen LogP contribution in [0.2, 0.25) is 0 Å². The van der Waals surface area contributed by atoms with Gasteiger partial charge in [-0.2, -0.15) is 0 Å². The smallest absolute Gasteiger partial charge is 0.169 e. The largest absolute Gasteiger partial charge is 0.330 e. The minimum atomic E-state index is -0.687. The molecule has 19 heavy (non-hydrogen) atoms. The summed E-state index contributed by atoms with van der Waals surface area (Å²) >= 11 is 0. The summed E-state index contributed by atoms with van der Waals surface area (Å²) in [6, 6.07) is 10.1. The van der Waals surface area contributed by atoms with Crippen LogP contribution in [0.3, 0.4) is 0 Å². The number of halogens is 2. The molecule has 2 aromatic rings. The van der Waals surface area contributed by atoms with Gasteiger partial charge in [0.1, 0.15) is 5.82 Å². The second-order valence-electron chi connectivity index (χ2n) is 4.09. The maximum absolute atomic E-state index is 13.8. The molecule has 2 N–H and O–H groups in total. The zero-order chi connectivity index (χ0) is 13.7. The Morgan fingerprint density at radius 3 is 2.53 bits per heavy atom. The lowest BCUT2D eigenvalue weighted by atomic mass is 10.2. The molecule has 0 fully saturated rings. The standard InChI is InChI=1S/C14H15F2N3/c15-11-9-13(16)14(18-10-11)19(8-4-7-17)12-5-2-1-3-6-12/h1-3,5-6,9-10H,4,7-8,17H2. The molecule has 0 aliphatic rings. The molecule has 0 spiro atoms. The highest BCUT2D eigenvalue weighted by atomic mass is 19.1. The number of hydrogen-bond donors (Lipinski definition) is 1. The summed E-state index contributed by atoms with van der Waals surface area (Å²) in [4.78, 5) is 5.54. The van der Waals surface area contributed by atoms with Crippen LogP contribution in [-0.2, 0) is 0 Å². The molecular formula is C14H15F2N3. The third kappa shape index (κ3) is 3.26. The lowest BCUT2D eigenvalue weighted by molar-refractivity contribution is 0.571. The fourth-order valence-corrected chi connectivity index (χ4v) is 1.82. The lowest BCUT2D eigenvalue weighted by Gasteiger charge is -2.24. The number of aromatic nitrogens is 1. The van der Waals surface area contributed by atoms with E-state index in [1.165, 1.54) is 0 Å². The van der Waals surface area contributed by atoms with Crippen molar-refractivity contribution in [2.75, 3.05) is 18.0 Å². The van der Waals surface area contributed by atoms with Gasteiger partial charge in [-0.05, 0) is 25.1 Å². The molecule has 1 aromatic heterocycles. The van der Waals surface area contributed by atoms with E-state index in [0.29, 0.717) is 19.5 Å². The predicted molar refractivity (Wildman–Crippen MR) is 71.3 cm³/mol. The van der Waals surface area contributed by atoms with Crippen LogP contribution in [0, 0.1) is 11.6 Å². The normalized spacial score (nSPS) is 10.5. The van der Waals surface area contributed by atoms with E-state index >= 15 is 0 Å². The number of rotatable bonds is 5. The minimum absolute atomic E-state index is 0.112. The molecular weight excluding hydrogens is 248 g/mol. The molecule has 0 saturated carbocycles. The molecule has 0 saturated heterocycles. The molecule has 100 valence electrons. The van der Waals surface area contributed by atoms with Gasteiger partial charge in [0.15, 0.2) is 11.6 Å². The highest BCUT2D eigenvalue weighted by molar-refractivity contribution is 5.60. The number of benzene rings is 1. The topological polar surface area (TPSA) is 42.1 Å². The Bertz CT molecular complexity index is 531. The molecule has 0 amide bonds. The zero-order valence-electron chi connectivity index (χ0n) is 10.4. The number of anilines is 2. The predicted octanol–water partition coefficient (Wildman–Crippen LogP) is 2.85. The van der Waals surface area contributed by atoms with Gasteiger partial charge in [0.25, 0.3) is 0 Å². The molecule has 0 bridgehead atoms. The van der Waals surface area contributed by atoms with Crippen LogP contribution < -0.4 is 10.6 Å². The van der Waals surface area contributed by atoms with Crippen LogP contribution in [0.5, 0.6) is 0 Å². The fourth-order valence-electron chi connectivity index (χ4n) is 1.82. The van der Waals surface area contributed by atoms with Crippen molar-refractivity contribution >= 4 is 11.5 Å². The van der Waals surface area contributed by atoms with Crippen LogP contribution in [-0.4, -0.2) is 18.1 Å². The Morgan fingerprint density at radius 1 is 1.16 bits per heavy atom. The van der Waals surface area contributed by atoms with Crippen molar-refractivity contribution < 1.29 is 8.78 Å². The third-order valence-electron chi connectivity index (χ3n) is 2.70. The highest BCUT2D eigenvalue weighted by Gasteiger charge is 2.15. The summed E-state index contributed by atoms with van der Waals surface area (Å²) < 4.78 is 26.8. The van der Waals surface area contributed by atoms with Crippen molar-refractivity contribution in [1.82, 2.24) is 4.98 Å². The van der Waals surface area contributed by atoms with E-state index in [1.54, 1.807) is 4.90 Å². The summed E-state index contributed by atoms with van der Waals surface area (Å²) in [6.45, 7) is 1.02. The molecule has 3 nitrogen and oxygen atoms in total. The number of pyridine rings is 1. The first-order chi connectivity index (χ1) is 9.22. The number of nitrogens with two attached hydrogens (primary N) is 1. The quantitative estimate of drug-likeness (QED) is 0.902. The van der Waals surface area contributed by atoms with Gasteiger partial charge in [-0.25, -0.2) is 13.8 Å². The summed E-state index contributed by atoms with van der Waals surface area (Å²) in [5.74, 6) is -1.25. The van der Waals surface area contributed by atoms with E-state index in [0.717, 1.165) is 18.0 Å². The maximum Gasteiger partial charge on any atom is 0.169 e. The fraction of sp³-hybridized carbons (Fsp3) is 0.214. The van der Waals surface area contributed by atoms with Gasteiger partial charge in [0.05, 0.1) is 6.20 Å². The van der Waals surface area contributed by atoms with Crippen LogP contribution in [0.25, 0.3) is 0 Å². The third-order valence-corrected chi connectivity index (χ3v) is 2.70. The van der Waals surface area contributed by atoms with E-state index in [-0.39, 0.29) is 5.82 Å². The molecule has 2 rings (SSSR count). The second kappa shape index (κ2) is 6.24. The van der Waals surface area contributed by atoms with E-state index in [4.69, 9.17) is 5.73 Å². The van der Waals surface area contributed by atoms with Crippen LogP contribution in [0.1, 0.15) is 6.42 Å². The summed E-state index contributed by atoms with van der Waals surface area (Å²) in [6.07, 6.45) is 1.70. The Morgan fingerprint density at radius 2 is 1.89 bits per heavy atom. The van der Waals surface area contributed by atoms with Crippen molar-refractivity contribution in [3.05, 3.63) is 54.2 Å². The highest BCUT2D eigenvalue weighted by Crippen LogP contribution is 2.26. The Hall–Kier alpha value is -2.01. The summed E-state index contributed by atoms with van der Waals surface area (Å²) in [7, 11) is 0.